The quantitative estimate of drug-likeness (QED) is 0.183. The van der Waals surface area contributed by atoms with E-state index in [1.807, 2.05) is 36.4 Å². The first-order valence-corrected chi connectivity index (χ1v) is 14.4. The fourth-order valence-electron chi connectivity index (χ4n) is 4.20. The molecular formula is C30H30Cl2N4O3S. The van der Waals surface area contributed by atoms with E-state index in [-0.39, 0.29) is 24.4 Å². The zero-order valence-corrected chi connectivity index (χ0v) is 24.3. The number of anilines is 1. The number of urea groups is 1. The second-order valence-electron chi connectivity index (χ2n) is 9.02. The molecule has 3 aromatic carbocycles. The molecule has 0 aliphatic carbocycles. The van der Waals surface area contributed by atoms with Crippen LogP contribution >= 0.6 is 34.5 Å². The van der Waals surface area contributed by atoms with E-state index < -0.39 is 0 Å². The van der Waals surface area contributed by atoms with Crippen LogP contribution in [0.1, 0.15) is 39.0 Å². The third-order valence-electron chi connectivity index (χ3n) is 6.26. The second-order valence-corrected chi connectivity index (χ2v) is 10.8. The van der Waals surface area contributed by atoms with Crippen LogP contribution in [0, 0.1) is 0 Å². The number of rotatable bonds is 12. The van der Waals surface area contributed by atoms with Crippen LogP contribution in [0.15, 0.2) is 84.2 Å². The van der Waals surface area contributed by atoms with Crippen LogP contribution in [-0.4, -0.2) is 48.6 Å². The third-order valence-corrected chi connectivity index (χ3v) is 7.83. The number of halogens is 2. The Morgan fingerprint density at radius 1 is 0.975 bits per heavy atom. The van der Waals surface area contributed by atoms with Gasteiger partial charge in [-0.3, -0.25) is 4.79 Å². The molecular weight excluding hydrogens is 567 g/mol. The van der Waals surface area contributed by atoms with Gasteiger partial charge in [0.15, 0.2) is 0 Å². The molecule has 0 radical (unpaired) electrons. The molecule has 2 N–H and O–H groups in total. The summed E-state index contributed by atoms with van der Waals surface area (Å²) >= 11 is 13.4. The summed E-state index contributed by atoms with van der Waals surface area (Å²) in [5.74, 6) is -0.0804. The predicted octanol–water partition coefficient (Wildman–Crippen LogP) is 7.08. The lowest BCUT2D eigenvalue weighted by atomic mass is 9.88. The molecule has 0 aliphatic rings. The number of nitrogens with one attached hydrogen (secondary N) is 2. The van der Waals surface area contributed by atoms with Gasteiger partial charge in [-0.25, -0.2) is 9.78 Å². The predicted molar refractivity (Wildman–Crippen MR) is 162 cm³/mol. The van der Waals surface area contributed by atoms with Gasteiger partial charge in [0.1, 0.15) is 10.7 Å². The van der Waals surface area contributed by atoms with Crippen molar-refractivity contribution in [3.63, 3.8) is 0 Å². The van der Waals surface area contributed by atoms with Crippen LogP contribution < -0.4 is 10.6 Å². The fraction of sp³-hybridized carbons (Fsp3) is 0.233. The van der Waals surface area contributed by atoms with Crippen LogP contribution in [0.25, 0.3) is 0 Å². The van der Waals surface area contributed by atoms with Gasteiger partial charge in [-0.15, -0.1) is 11.3 Å². The van der Waals surface area contributed by atoms with Crippen molar-refractivity contribution in [1.29, 1.82) is 0 Å². The first-order valence-electron chi connectivity index (χ1n) is 12.8. The summed E-state index contributed by atoms with van der Waals surface area (Å²) in [5.41, 5.74) is 3.25. The minimum absolute atomic E-state index is 0.164. The Morgan fingerprint density at radius 3 is 2.27 bits per heavy atom. The van der Waals surface area contributed by atoms with Crippen molar-refractivity contribution in [2.24, 2.45) is 0 Å². The number of nitrogens with zero attached hydrogens (tertiary/aromatic N) is 2. The average molecular weight is 598 g/mol. The van der Waals surface area contributed by atoms with Gasteiger partial charge < -0.3 is 20.3 Å². The molecule has 3 amide bonds. The van der Waals surface area contributed by atoms with Crippen molar-refractivity contribution in [2.75, 3.05) is 32.1 Å². The number of amides is 3. The molecule has 10 heteroatoms. The largest absolute Gasteiger partial charge is 0.383 e. The maximum Gasteiger partial charge on any atom is 0.322 e. The topological polar surface area (TPSA) is 83.6 Å². The lowest BCUT2D eigenvalue weighted by molar-refractivity contribution is 0.0948. The summed E-state index contributed by atoms with van der Waals surface area (Å²) in [6.07, 6.45) is 0.746. The number of methoxy groups -OCH3 is 1. The minimum Gasteiger partial charge on any atom is -0.383 e. The van der Waals surface area contributed by atoms with Crippen molar-refractivity contribution < 1.29 is 14.3 Å². The molecule has 1 heterocycles. The Kier molecular flexibility index (Phi) is 10.9. The van der Waals surface area contributed by atoms with Gasteiger partial charge in [0.25, 0.3) is 5.91 Å². The maximum absolute atomic E-state index is 13.0. The number of hydrogen-bond acceptors (Lipinski definition) is 5. The first-order chi connectivity index (χ1) is 19.4. The minimum atomic E-state index is -0.343. The molecule has 0 spiro atoms. The summed E-state index contributed by atoms with van der Waals surface area (Å²) < 4.78 is 5.17. The molecule has 7 nitrogen and oxygen atoms in total. The van der Waals surface area contributed by atoms with Crippen LogP contribution in [0.2, 0.25) is 10.0 Å². The summed E-state index contributed by atoms with van der Waals surface area (Å²) in [4.78, 5) is 31.9. The Bertz CT molecular complexity index is 1360. The molecule has 0 saturated heterocycles. The highest BCUT2D eigenvalue weighted by molar-refractivity contribution is 7.09. The van der Waals surface area contributed by atoms with Gasteiger partial charge in [-0.05, 0) is 35.7 Å². The third kappa shape index (κ3) is 8.29. The van der Waals surface area contributed by atoms with Crippen molar-refractivity contribution in [3.05, 3.63) is 116 Å². The molecule has 0 unspecified atom stereocenters. The average Bonchev–Trinajstić information content (AvgIpc) is 3.45. The number of benzene rings is 3. The summed E-state index contributed by atoms with van der Waals surface area (Å²) in [6.45, 7) is 1.40. The normalized spacial score (nSPS) is 10.9. The first kappa shape index (κ1) is 29.6. The van der Waals surface area contributed by atoms with E-state index in [2.05, 4.69) is 39.9 Å². The summed E-state index contributed by atoms with van der Waals surface area (Å²) in [5, 5.41) is 8.92. The molecule has 0 saturated carbocycles. The Labute approximate surface area is 248 Å². The van der Waals surface area contributed by atoms with E-state index in [9.17, 15) is 9.59 Å². The van der Waals surface area contributed by atoms with Crippen LogP contribution in [0.5, 0.6) is 0 Å². The van der Waals surface area contributed by atoms with Gasteiger partial charge in [-0.2, -0.15) is 0 Å². The molecule has 0 bridgehead atoms. The smallest absolute Gasteiger partial charge is 0.322 e. The van der Waals surface area contributed by atoms with E-state index >= 15 is 0 Å². The van der Waals surface area contributed by atoms with Gasteiger partial charge in [0.05, 0.1) is 23.2 Å². The summed E-state index contributed by atoms with van der Waals surface area (Å²) in [6, 6.07) is 25.1. The second kappa shape index (κ2) is 14.8. The lowest BCUT2D eigenvalue weighted by Gasteiger charge is -2.22. The SMILES string of the molecule is COCCN(Cc1nc(C(=O)NCCC(c2ccccc2)c2ccccc2)cs1)C(=O)Nc1ccc(Cl)c(Cl)c1. The number of carbonyl (C=O) groups excluding carboxylic acids is 2. The van der Waals surface area contributed by atoms with E-state index in [4.69, 9.17) is 27.9 Å². The van der Waals surface area contributed by atoms with Gasteiger partial charge >= 0.3 is 6.03 Å². The number of carbonyl (C=O) groups is 2. The van der Waals surface area contributed by atoms with Crippen molar-refractivity contribution in [1.82, 2.24) is 15.2 Å². The molecule has 0 aliphatic heterocycles. The fourth-order valence-corrected chi connectivity index (χ4v) is 5.29. The highest BCUT2D eigenvalue weighted by atomic mass is 35.5. The monoisotopic (exact) mass is 596 g/mol. The van der Waals surface area contributed by atoms with E-state index in [0.29, 0.717) is 46.1 Å². The van der Waals surface area contributed by atoms with Gasteiger partial charge in [0.2, 0.25) is 0 Å². The highest BCUT2D eigenvalue weighted by Gasteiger charge is 2.19. The van der Waals surface area contributed by atoms with E-state index in [0.717, 1.165) is 6.42 Å². The summed E-state index contributed by atoms with van der Waals surface area (Å²) in [7, 11) is 1.57. The van der Waals surface area contributed by atoms with Gasteiger partial charge in [0, 0.05) is 37.2 Å². The molecule has 1 aromatic heterocycles. The molecule has 40 heavy (non-hydrogen) atoms. The van der Waals surface area contributed by atoms with Crippen LogP contribution in [0.3, 0.4) is 0 Å². The zero-order chi connectivity index (χ0) is 28.3. The van der Waals surface area contributed by atoms with Gasteiger partial charge in [-0.1, -0.05) is 83.9 Å². The van der Waals surface area contributed by atoms with Crippen LogP contribution in [-0.2, 0) is 11.3 Å². The molecule has 0 atom stereocenters. The molecule has 208 valence electrons. The van der Waals surface area contributed by atoms with Crippen molar-refractivity contribution in [2.45, 2.75) is 18.9 Å². The van der Waals surface area contributed by atoms with E-state index in [1.165, 1.54) is 22.5 Å². The standard InChI is InChI=1S/C30H30Cl2N4O3S/c1-39-17-16-36(30(38)34-23-12-13-25(31)26(32)18-23)19-28-35-27(20-40-28)29(37)33-15-14-24(21-8-4-2-5-9-21)22-10-6-3-7-11-22/h2-13,18,20,24H,14-17,19H2,1H3,(H,33,37)(H,34,38). The van der Waals surface area contributed by atoms with Crippen LogP contribution in [0.4, 0.5) is 10.5 Å². The maximum atomic E-state index is 13.0. The number of hydrogen-bond donors (Lipinski definition) is 2. The lowest BCUT2D eigenvalue weighted by Crippen LogP contribution is -2.36. The van der Waals surface area contributed by atoms with E-state index in [1.54, 1.807) is 35.6 Å². The Balaban J connectivity index is 1.36. The number of ether oxygens (including phenoxy) is 1. The van der Waals surface area contributed by atoms with Crippen molar-refractivity contribution >= 4 is 52.2 Å². The molecule has 4 aromatic rings. The molecule has 4 rings (SSSR count). The zero-order valence-electron chi connectivity index (χ0n) is 22.0. The Hall–Kier alpha value is -3.43. The highest BCUT2D eigenvalue weighted by Crippen LogP contribution is 2.28. The molecule has 0 fully saturated rings. The number of aromatic nitrogens is 1. The number of thiazole rings is 1. The Morgan fingerprint density at radius 2 is 1.65 bits per heavy atom. The van der Waals surface area contributed by atoms with Crippen molar-refractivity contribution in [3.8, 4) is 0 Å².